The standard InChI is InChI=1S/C33H41FN4O4/c1-23-7-4-5-9-25(23)20-36-33(41)38(3)30(10-6-8-24-15-16-37(2)31(39)17-24)22-42-32(40)14-13-29-19-27-18-28(34)12-11-26(27)21-35-29/h4-5,7,9,11-12,18-19,21,24,30H,6,8,10,13-17,20,22H2,1-3H3,(H,36,41)/t24?,30-/m0/s1. The third kappa shape index (κ3) is 8.74. The topological polar surface area (TPSA) is 91.8 Å². The summed E-state index contributed by atoms with van der Waals surface area (Å²) < 4.78 is 19.3. The van der Waals surface area contributed by atoms with Crippen LogP contribution in [-0.4, -0.2) is 66.0 Å². The van der Waals surface area contributed by atoms with Crippen LogP contribution in [0.15, 0.2) is 54.7 Å². The van der Waals surface area contributed by atoms with E-state index in [0.29, 0.717) is 37.4 Å². The molecule has 224 valence electrons. The minimum absolute atomic E-state index is 0.0792. The number of amides is 3. The summed E-state index contributed by atoms with van der Waals surface area (Å²) in [7, 11) is 3.56. The van der Waals surface area contributed by atoms with Crippen LogP contribution in [0.5, 0.6) is 0 Å². The first kappa shape index (κ1) is 30.9. The van der Waals surface area contributed by atoms with Gasteiger partial charge in [-0.3, -0.25) is 14.6 Å². The molecule has 3 amide bonds. The maximum absolute atomic E-state index is 13.6. The average Bonchev–Trinajstić information content (AvgIpc) is 2.98. The number of nitrogens with one attached hydrogen (secondary N) is 1. The number of halogens is 1. The number of ether oxygens (including phenoxy) is 1. The first-order valence-electron chi connectivity index (χ1n) is 14.7. The maximum Gasteiger partial charge on any atom is 0.317 e. The van der Waals surface area contributed by atoms with E-state index in [9.17, 15) is 18.8 Å². The van der Waals surface area contributed by atoms with Gasteiger partial charge in [-0.15, -0.1) is 0 Å². The van der Waals surface area contributed by atoms with Crippen LogP contribution in [-0.2, 0) is 27.3 Å². The van der Waals surface area contributed by atoms with Gasteiger partial charge in [0.15, 0.2) is 0 Å². The number of hydrogen-bond acceptors (Lipinski definition) is 5. The van der Waals surface area contributed by atoms with Crippen LogP contribution in [0.2, 0.25) is 0 Å². The Balaban J connectivity index is 1.31. The van der Waals surface area contributed by atoms with Gasteiger partial charge in [0.05, 0.1) is 12.5 Å². The number of pyridine rings is 1. The lowest BCUT2D eigenvalue weighted by Crippen LogP contribution is -2.45. The van der Waals surface area contributed by atoms with Crippen molar-refractivity contribution >= 4 is 28.7 Å². The molecule has 4 rings (SSSR count). The summed E-state index contributed by atoms with van der Waals surface area (Å²) in [5, 5.41) is 4.55. The van der Waals surface area contributed by atoms with Crippen LogP contribution >= 0.6 is 0 Å². The molecule has 2 heterocycles. The van der Waals surface area contributed by atoms with Crippen LogP contribution in [0, 0.1) is 18.7 Å². The quantitative estimate of drug-likeness (QED) is 0.291. The van der Waals surface area contributed by atoms with Gasteiger partial charge < -0.3 is 19.9 Å². The van der Waals surface area contributed by atoms with Crippen LogP contribution < -0.4 is 5.32 Å². The summed E-state index contributed by atoms with van der Waals surface area (Å²) in [6, 6.07) is 13.7. The molecule has 1 aromatic heterocycles. The number of carbonyl (C=O) groups is 3. The average molecular weight is 577 g/mol. The summed E-state index contributed by atoms with van der Waals surface area (Å²) in [6.07, 6.45) is 6.05. The number of nitrogens with zero attached hydrogens (tertiary/aromatic N) is 3. The van der Waals surface area contributed by atoms with Crippen molar-refractivity contribution in [1.29, 1.82) is 0 Å². The Bertz CT molecular complexity index is 1400. The van der Waals surface area contributed by atoms with Crippen LogP contribution in [0.25, 0.3) is 10.8 Å². The number of fused-ring (bicyclic) bond motifs is 1. The van der Waals surface area contributed by atoms with E-state index in [1.807, 2.05) is 38.2 Å². The zero-order valence-corrected chi connectivity index (χ0v) is 24.8. The normalized spacial score (nSPS) is 15.9. The second kappa shape index (κ2) is 14.8. The number of rotatable bonds is 12. The lowest BCUT2D eigenvalue weighted by Gasteiger charge is -2.31. The Morgan fingerprint density at radius 3 is 2.79 bits per heavy atom. The summed E-state index contributed by atoms with van der Waals surface area (Å²) >= 11 is 0. The molecule has 8 nitrogen and oxygen atoms in total. The highest BCUT2D eigenvalue weighted by atomic mass is 19.1. The number of benzene rings is 2. The van der Waals surface area contributed by atoms with E-state index in [1.54, 1.807) is 35.2 Å². The molecule has 2 atom stereocenters. The molecule has 9 heteroatoms. The van der Waals surface area contributed by atoms with Gasteiger partial charge in [0.1, 0.15) is 12.4 Å². The molecule has 1 unspecified atom stereocenters. The molecule has 2 aromatic carbocycles. The summed E-state index contributed by atoms with van der Waals surface area (Å²) in [5.74, 6) is -0.189. The predicted molar refractivity (Wildman–Crippen MR) is 160 cm³/mol. The highest BCUT2D eigenvalue weighted by Crippen LogP contribution is 2.24. The Morgan fingerprint density at radius 1 is 1.19 bits per heavy atom. The number of carbonyl (C=O) groups excluding carboxylic acids is 3. The first-order chi connectivity index (χ1) is 20.2. The molecule has 3 aromatic rings. The number of hydrogen-bond donors (Lipinski definition) is 1. The molecular formula is C33H41FN4O4. The van der Waals surface area contributed by atoms with Gasteiger partial charge in [-0.25, -0.2) is 9.18 Å². The van der Waals surface area contributed by atoms with Gasteiger partial charge >= 0.3 is 12.0 Å². The van der Waals surface area contributed by atoms with E-state index in [0.717, 1.165) is 47.7 Å². The molecule has 0 aliphatic carbocycles. The fraction of sp³-hybridized carbons (Fsp3) is 0.455. The lowest BCUT2D eigenvalue weighted by molar-refractivity contribution is -0.145. The first-order valence-corrected chi connectivity index (χ1v) is 14.7. The van der Waals surface area contributed by atoms with E-state index >= 15 is 0 Å². The van der Waals surface area contributed by atoms with Crippen LogP contribution in [0.3, 0.4) is 0 Å². The monoisotopic (exact) mass is 576 g/mol. The predicted octanol–water partition coefficient (Wildman–Crippen LogP) is 5.41. The minimum atomic E-state index is -0.379. The van der Waals surface area contributed by atoms with E-state index in [4.69, 9.17) is 4.74 Å². The second-order valence-corrected chi connectivity index (χ2v) is 11.3. The SMILES string of the molecule is Cc1ccccc1CNC(=O)N(C)[C@@H](CCCC1CCN(C)C(=O)C1)COC(=O)CCc1cc2cc(F)ccc2cn1. The van der Waals surface area contributed by atoms with Gasteiger partial charge in [0.25, 0.3) is 0 Å². The van der Waals surface area contributed by atoms with E-state index in [2.05, 4.69) is 10.3 Å². The molecule has 1 saturated heterocycles. The van der Waals surface area contributed by atoms with Crippen molar-refractivity contribution in [3.8, 4) is 0 Å². The molecule has 1 aliphatic rings. The molecule has 1 N–H and O–H groups in total. The fourth-order valence-electron chi connectivity index (χ4n) is 5.34. The number of esters is 1. The molecule has 0 radical (unpaired) electrons. The van der Waals surface area contributed by atoms with Gasteiger partial charge in [-0.05, 0) is 72.9 Å². The second-order valence-electron chi connectivity index (χ2n) is 11.3. The van der Waals surface area contributed by atoms with Crippen molar-refractivity contribution < 1.29 is 23.5 Å². The Labute approximate surface area is 247 Å². The Hall–Kier alpha value is -4.01. The largest absolute Gasteiger partial charge is 0.463 e. The number of urea groups is 1. The van der Waals surface area contributed by atoms with Crippen molar-refractivity contribution in [1.82, 2.24) is 20.1 Å². The number of aryl methyl sites for hydroxylation is 2. The molecule has 0 bridgehead atoms. The maximum atomic E-state index is 13.6. The van der Waals surface area contributed by atoms with Crippen molar-refractivity contribution in [2.75, 3.05) is 27.2 Å². The number of piperidine rings is 1. The van der Waals surface area contributed by atoms with Crippen molar-refractivity contribution in [2.45, 2.75) is 64.5 Å². The molecule has 1 aliphatic heterocycles. The molecule has 0 spiro atoms. The molecule has 1 fully saturated rings. The third-order valence-corrected chi connectivity index (χ3v) is 8.23. The van der Waals surface area contributed by atoms with Gasteiger partial charge in [0, 0.05) is 57.3 Å². The Morgan fingerprint density at radius 2 is 2.00 bits per heavy atom. The summed E-state index contributed by atoms with van der Waals surface area (Å²) in [6.45, 7) is 3.26. The highest BCUT2D eigenvalue weighted by molar-refractivity contribution is 5.82. The zero-order valence-electron chi connectivity index (χ0n) is 24.8. The molecule has 0 saturated carbocycles. The van der Waals surface area contributed by atoms with Crippen LogP contribution in [0.1, 0.15) is 55.3 Å². The van der Waals surface area contributed by atoms with E-state index in [-0.39, 0.29) is 42.8 Å². The van der Waals surface area contributed by atoms with E-state index in [1.165, 1.54) is 12.1 Å². The lowest BCUT2D eigenvalue weighted by atomic mass is 9.90. The van der Waals surface area contributed by atoms with Gasteiger partial charge in [0.2, 0.25) is 5.91 Å². The molecular weight excluding hydrogens is 535 g/mol. The Kier molecular flexibility index (Phi) is 10.9. The smallest absolute Gasteiger partial charge is 0.317 e. The van der Waals surface area contributed by atoms with Gasteiger partial charge in [-0.2, -0.15) is 0 Å². The van der Waals surface area contributed by atoms with Crippen molar-refractivity contribution in [3.05, 3.63) is 77.4 Å². The van der Waals surface area contributed by atoms with Crippen LogP contribution in [0.4, 0.5) is 9.18 Å². The zero-order chi connectivity index (χ0) is 30.1. The number of likely N-dealkylation sites (N-methyl/N-ethyl adjacent to an activating group) is 1. The summed E-state index contributed by atoms with van der Waals surface area (Å²) in [4.78, 5) is 45.7. The molecule has 42 heavy (non-hydrogen) atoms. The summed E-state index contributed by atoms with van der Waals surface area (Å²) in [5.41, 5.74) is 2.82. The fourth-order valence-corrected chi connectivity index (χ4v) is 5.34. The highest BCUT2D eigenvalue weighted by Gasteiger charge is 2.25. The number of aromatic nitrogens is 1. The minimum Gasteiger partial charge on any atom is -0.463 e. The van der Waals surface area contributed by atoms with E-state index < -0.39 is 0 Å². The third-order valence-electron chi connectivity index (χ3n) is 8.23. The number of likely N-dealkylation sites (tertiary alicyclic amines) is 1. The van der Waals surface area contributed by atoms with Crippen molar-refractivity contribution in [3.63, 3.8) is 0 Å². The van der Waals surface area contributed by atoms with Gasteiger partial charge in [-0.1, -0.05) is 30.7 Å². The van der Waals surface area contributed by atoms with Crippen molar-refractivity contribution in [2.24, 2.45) is 5.92 Å².